The smallest absolute Gasteiger partial charge is 0.291 e. The van der Waals surface area contributed by atoms with Crippen molar-refractivity contribution in [1.29, 1.82) is 0 Å². The van der Waals surface area contributed by atoms with Gasteiger partial charge in [0.1, 0.15) is 11.6 Å². The Labute approximate surface area is 131 Å². The Morgan fingerprint density at radius 1 is 1.30 bits per heavy atom. The van der Waals surface area contributed by atoms with E-state index in [1.54, 1.807) is 0 Å². The summed E-state index contributed by atoms with van der Waals surface area (Å²) in [6.07, 6.45) is 3.39. The normalized spacial score (nSPS) is 12.6. The molecule has 3 aromatic rings. The zero-order valence-electron chi connectivity index (χ0n) is 12.4. The van der Waals surface area contributed by atoms with Gasteiger partial charge >= 0.3 is 0 Å². The number of benzene rings is 1. The lowest BCUT2D eigenvalue weighted by molar-refractivity contribution is 0.0994. The summed E-state index contributed by atoms with van der Waals surface area (Å²) in [7, 11) is 0. The highest BCUT2D eigenvalue weighted by Crippen LogP contribution is 2.37. The highest BCUT2D eigenvalue weighted by Gasteiger charge is 2.28. The van der Waals surface area contributed by atoms with Crippen molar-refractivity contribution >= 4 is 11.6 Å². The number of fused-ring (bicyclic) bond motifs is 3. The minimum absolute atomic E-state index is 0.279. The van der Waals surface area contributed by atoms with E-state index in [4.69, 9.17) is 4.42 Å². The van der Waals surface area contributed by atoms with Crippen molar-refractivity contribution in [3.8, 4) is 11.3 Å². The molecule has 5 nitrogen and oxygen atoms in total. The van der Waals surface area contributed by atoms with Crippen molar-refractivity contribution in [1.82, 2.24) is 10.2 Å². The van der Waals surface area contributed by atoms with Gasteiger partial charge in [-0.25, -0.2) is 4.39 Å². The molecule has 2 aromatic heterocycles. The predicted molar refractivity (Wildman–Crippen MR) is 82.8 cm³/mol. The molecule has 0 radical (unpaired) electrons. The Balaban J connectivity index is 1.68. The highest BCUT2D eigenvalue weighted by atomic mass is 19.1. The monoisotopic (exact) mass is 311 g/mol. The fourth-order valence-corrected chi connectivity index (χ4v) is 2.98. The van der Waals surface area contributed by atoms with Crippen LogP contribution in [0.1, 0.15) is 27.4 Å². The van der Waals surface area contributed by atoms with E-state index in [2.05, 4.69) is 15.5 Å². The largest absolute Gasteiger partial charge is 0.455 e. The number of aryl methyl sites for hydroxylation is 2. The van der Waals surface area contributed by atoms with Gasteiger partial charge < -0.3 is 9.73 Å². The van der Waals surface area contributed by atoms with Gasteiger partial charge in [-0.2, -0.15) is 5.10 Å². The van der Waals surface area contributed by atoms with Gasteiger partial charge in [-0.3, -0.25) is 9.89 Å². The number of aromatic nitrogens is 2. The maximum Gasteiger partial charge on any atom is 0.291 e. The number of furan rings is 1. The minimum Gasteiger partial charge on any atom is -0.455 e. The molecule has 23 heavy (non-hydrogen) atoms. The second kappa shape index (κ2) is 5.08. The molecule has 0 unspecified atom stereocenters. The van der Waals surface area contributed by atoms with Crippen LogP contribution in [0, 0.1) is 12.7 Å². The summed E-state index contributed by atoms with van der Waals surface area (Å²) in [5.74, 6) is 0.384. The van der Waals surface area contributed by atoms with Crippen LogP contribution in [-0.4, -0.2) is 16.1 Å². The molecule has 0 aliphatic heterocycles. The average Bonchev–Trinajstić information content (AvgIpc) is 3.13. The third-order valence-corrected chi connectivity index (χ3v) is 4.12. The van der Waals surface area contributed by atoms with Crippen molar-refractivity contribution in [2.24, 2.45) is 0 Å². The van der Waals surface area contributed by atoms with Crippen LogP contribution in [0.15, 0.2) is 34.9 Å². The van der Waals surface area contributed by atoms with Gasteiger partial charge in [0.25, 0.3) is 5.91 Å². The molecule has 1 aromatic carbocycles. The Bertz CT molecular complexity index is 893. The number of hydrogen-bond acceptors (Lipinski definition) is 3. The van der Waals surface area contributed by atoms with Crippen LogP contribution in [-0.2, 0) is 12.8 Å². The van der Waals surface area contributed by atoms with Crippen LogP contribution in [0.2, 0.25) is 0 Å². The number of carbonyl (C=O) groups is 1. The summed E-state index contributed by atoms with van der Waals surface area (Å²) in [4.78, 5) is 12.5. The molecule has 1 amide bonds. The molecular weight excluding hydrogens is 297 g/mol. The van der Waals surface area contributed by atoms with Crippen LogP contribution in [0.4, 0.5) is 10.1 Å². The maximum absolute atomic E-state index is 12.9. The van der Waals surface area contributed by atoms with Gasteiger partial charge in [-0.1, -0.05) is 0 Å². The van der Waals surface area contributed by atoms with E-state index < -0.39 is 0 Å². The summed E-state index contributed by atoms with van der Waals surface area (Å²) in [5, 5.41) is 9.78. The standard InChI is InChI=1S/C17H14FN3O2/c1-9-14-13(7-2-10-8-19-21-15(10)14)23-16(9)17(22)20-12-5-3-11(18)4-6-12/h3-6,8H,2,7H2,1H3,(H,19,21)(H,20,22). The highest BCUT2D eigenvalue weighted by molar-refractivity contribution is 6.04. The SMILES string of the molecule is Cc1c(C(=O)Nc2ccc(F)cc2)oc2c1-c1[nH]ncc1CC2. The van der Waals surface area contributed by atoms with Crippen LogP contribution in [0.3, 0.4) is 0 Å². The third kappa shape index (κ3) is 2.23. The van der Waals surface area contributed by atoms with E-state index in [0.29, 0.717) is 5.69 Å². The summed E-state index contributed by atoms with van der Waals surface area (Å²) >= 11 is 0. The molecule has 0 atom stereocenters. The van der Waals surface area contributed by atoms with Crippen LogP contribution in [0.25, 0.3) is 11.3 Å². The lowest BCUT2D eigenvalue weighted by atomic mass is 9.93. The fourth-order valence-electron chi connectivity index (χ4n) is 2.98. The number of hydrogen-bond donors (Lipinski definition) is 2. The second-order valence-corrected chi connectivity index (χ2v) is 5.59. The third-order valence-electron chi connectivity index (χ3n) is 4.12. The lowest BCUT2D eigenvalue weighted by Gasteiger charge is -2.09. The molecule has 4 rings (SSSR count). The Morgan fingerprint density at radius 2 is 2.09 bits per heavy atom. The first-order valence-corrected chi connectivity index (χ1v) is 7.35. The zero-order valence-corrected chi connectivity index (χ0v) is 12.4. The number of anilines is 1. The number of carbonyl (C=O) groups excluding carboxylic acids is 1. The van der Waals surface area contributed by atoms with Gasteiger partial charge in [0.2, 0.25) is 0 Å². The quantitative estimate of drug-likeness (QED) is 0.761. The van der Waals surface area contributed by atoms with Crippen molar-refractivity contribution < 1.29 is 13.6 Å². The second-order valence-electron chi connectivity index (χ2n) is 5.59. The first-order chi connectivity index (χ1) is 11.1. The molecule has 0 saturated heterocycles. The summed E-state index contributed by atoms with van der Waals surface area (Å²) in [5.41, 5.74) is 4.28. The van der Waals surface area contributed by atoms with E-state index in [9.17, 15) is 9.18 Å². The van der Waals surface area contributed by atoms with Gasteiger partial charge in [-0.15, -0.1) is 0 Å². The van der Waals surface area contributed by atoms with E-state index in [1.807, 2.05) is 13.1 Å². The molecule has 116 valence electrons. The number of nitrogens with zero attached hydrogens (tertiary/aromatic N) is 1. The number of amides is 1. The van der Waals surface area contributed by atoms with Crippen molar-refractivity contribution in [2.45, 2.75) is 19.8 Å². The van der Waals surface area contributed by atoms with E-state index in [-0.39, 0.29) is 17.5 Å². The predicted octanol–water partition coefficient (Wildman–Crippen LogP) is 3.47. The molecule has 0 saturated carbocycles. The average molecular weight is 311 g/mol. The Hall–Kier alpha value is -2.89. The van der Waals surface area contributed by atoms with Gasteiger partial charge in [0.15, 0.2) is 5.76 Å². The molecule has 1 aliphatic rings. The van der Waals surface area contributed by atoms with E-state index in [0.717, 1.165) is 41.0 Å². The fraction of sp³-hybridized carbons (Fsp3) is 0.176. The minimum atomic E-state index is -0.348. The van der Waals surface area contributed by atoms with Crippen molar-refractivity contribution in [2.75, 3.05) is 5.32 Å². The molecular formula is C17H14FN3O2. The van der Waals surface area contributed by atoms with E-state index >= 15 is 0 Å². The topological polar surface area (TPSA) is 70.9 Å². The number of nitrogens with one attached hydrogen (secondary N) is 2. The summed E-state index contributed by atoms with van der Waals surface area (Å²) < 4.78 is 18.7. The first kappa shape index (κ1) is 13.8. The molecule has 2 heterocycles. The first-order valence-electron chi connectivity index (χ1n) is 7.35. The van der Waals surface area contributed by atoms with Gasteiger partial charge in [-0.05, 0) is 43.2 Å². The van der Waals surface area contributed by atoms with Crippen molar-refractivity contribution in [3.05, 3.63) is 58.9 Å². The van der Waals surface area contributed by atoms with Crippen molar-refractivity contribution in [3.63, 3.8) is 0 Å². The van der Waals surface area contributed by atoms with Gasteiger partial charge in [0, 0.05) is 23.2 Å². The molecule has 0 spiro atoms. The maximum atomic E-state index is 12.9. The van der Waals surface area contributed by atoms with Crippen LogP contribution in [0.5, 0.6) is 0 Å². The summed E-state index contributed by atoms with van der Waals surface area (Å²) in [6, 6.07) is 5.62. The molecule has 0 bridgehead atoms. The Morgan fingerprint density at radius 3 is 2.87 bits per heavy atom. The van der Waals surface area contributed by atoms with Crippen LogP contribution < -0.4 is 5.32 Å². The number of aromatic amines is 1. The Kier molecular flexibility index (Phi) is 3.04. The van der Waals surface area contributed by atoms with Crippen LogP contribution >= 0.6 is 0 Å². The molecule has 2 N–H and O–H groups in total. The van der Waals surface area contributed by atoms with E-state index in [1.165, 1.54) is 24.3 Å². The number of halogens is 1. The molecule has 6 heteroatoms. The molecule has 0 fully saturated rings. The number of H-pyrrole nitrogens is 1. The summed E-state index contributed by atoms with van der Waals surface area (Å²) in [6.45, 7) is 1.86. The zero-order chi connectivity index (χ0) is 16.0. The number of rotatable bonds is 2. The molecule has 1 aliphatic carbocycles. The van der Waals surface area contributed by atoms with Gasteiger partial charge in [0.05, 0.1) is 11.9 Å². The lowest BCUT2D eigenvalue weighted by Crippen LogP contribution is -2.12.